The molecular formula is C12H16N2O2S. The van der Waals surface area contributed by atoms with Crippen LogP contribution in [-0.2, 0) is 11.2 Å². The van der Waals surface area contributed by atoms with Gasteiger partial charge in [0.15, 0.2) is 4.96 Å². The van der Waals surface area contributed by atoms with Crippen LogP contribution in [0.2, 0.25) is 0 Å². The van der Waals surface area contributed by atoms with Gasteiger partial charge >= 0.3 is 0 Å². The molecule has 1 aliphatic heterocycles. The number of fused-ring (bicyclic) bond motifs is 1. The highest BCUT2D eigenvalue weighted by molar-refractivity contribution is 7.15. The van der Waals surface area contributed by atoms with E-state index in [9.17, 15) is 5.11 Å². The van der Waals surface area contributed by atoms with Gasteiger partial charge in [-0.1, -0.05) is 0 Å². The Balaban J connectivity index is 1.79. The highest BCUT2D eigenvalue weighted by Crippen LogP contribution is 2.28. The number of rotatable bonds is 2. The summed E-state index contributed by atoms with van der Waals surface area (Å²) in [6.07, 6.45) is 6.14. The summed E-state index contributed by atoms with van der Waals surface area (Å²) >= 11 is 1.62. The second-order valence-corrected chi connectivity index (χ2v) is 5.73. The van der Waals surface area contributed by atoms with Crippen molar-refractivity contribution in [2.24, 2.45) is 0 Å². The molecule has 92 valence electrons. The second kappa shape index (κ2) is 4.08. The molecule has 4 nitrogen and oxygen atoms in total. The van der Waals surface area contributed by atoms with Crippen molar-refractivity contribution in [3.63, 3.8) is 0 Å². The van der Waals surface area contributed by atoms with E-state index in [1.807, 2.05) is 29.1 Å². The normalized spacial score (nSPS) is 29.9. The van der Waals surface area contributed by atoms with Crippen molar-refractivity contribution in [3.05, 3.63) is 23.5 Å². The SMILES string of the molecule is CC1CC(O)(Cc2cn3ccsc3n2)CCO1. The summed E-state index contributed by atoms with van der Waals surface area (Å²) < 4.78 is 7.48. The molecule has 0 amide bonds. The highest BCUT2D eigenvalue weighted by Gasteiger charge is 2.34. The molecule has 2 aromatic heterocycles. The van der Waals surface area contributed by atoms with Gasteiger partial charge in [-0.05, 0) is 13.3 Å². The maximum absolute atomic E-state index is 10.5. The van der Waals surface area contributed by atoms with Gasteiger partial charge in [0.1, 0.15) is 0 Å². The molecule has 3 heterocycles. The number of ether oxygens (including phenoxy) is 1. The molecule has 0 aromatic carbocycles. The van der Waals surface area contributed by atoms with Crippen LogP contribution in [0, 0.1) is 0 Å². The molecule has 3 rings (SSSR count). The van der Waals surface area contributed by atoms with Crippen molar-refractivity contribution < 1.29 is 9.84 Å². The molecule has 2 atom stereocenters. The molecule has 0 radical (unpaired) electrons. The first-order valence-electron chi connectivity index (χ1n) is 5.90. The van der Waals surface area contributed by atoms with Crippen molar-refractivity contribution in [2.45, 2.75) is 37.9 Å². The van der Waals surface area contributed by atoms with Crippen LogP contribution >= 0.6 is 11.3 Å². The lowest BCUT2D eigenvalue weighted by molar-refractivity contribution is -0.0964. The van der Waals surface area contributed by atoms with Gasteiger partial charge in [0.2, 0.25) is 0 Å². The van der Waals surface area contributed by atoms with Crippen molar-refractivity contribution in [1.82, 2.24) is 9.38 Å². The third kappa shape index (κ3) is 2.22. The Morgan fingerprint density at radius 1 is 1.71 bits per heavy atom. The number of nitrogens with zero attached hydrogens (tertiary/aromatic N) is 2. The topological polar surface area (TPSA) is 46.8 Å². The Morgan fingerprint density at radius 3 is 3.35 bits per heavy atom. The summed E-state index contributed by atoms with van der Waals surface area (Å²) in [5, 5.41) is 12.5. The maximum atomic E-state index is 10.5. The Labute approximate surface area is 104 Å². The third-order valence-corrected chi connectivity index (χ3v) is 4.06. The van der Waals surface area contributed by atoms with E-state index in [4.69, 9.17) is 4.74 Å². The predicted octanol–water partition coefficient (Wildman–Crippen LogP) is 1.87. The quantitative estimate of drug-likeness (QED) is 0.887. The average molecular weight is 252 g/mol. The molecule has 0 spiro atoms. The van der Waals surface area contributed by atoms with Crippen molar-refractivity contribution >= 4 is 16.3 Å². The van der Waals surface area contributed by atoms with E-state index >= 15 is 0 Å². The first-order chi connectivity index (χ1) is 8.15. The zero-order chi connectivity index (χ0) is 11.9. The zero-order valence-electron chi connectivity index (χ0n) is 9.80. The minimum Gasteiger partial charge on any atom is -0.389 e. The lowest BCUT2D eigenvalue weighted by atomic mass is 9.87. The van der Waals surface area contributed by atoms with E-state index in [0.717, 1.165) is 10.7 Å². The van der Waals surface area contributed by atoms with Crippen molar-refractivity contribution in [3.8, 4) is 0 Å². The van der Waals surface area contributed by atoms with Crippen molar-refractivity contribution in [1.29, 1.82) is 0 Å². The van der Waals surface area contributed by atoms with Crippen LogP contribution in [0.25, 0.3) is 4.96 Å². The van der Waals surface area contributed by atoms with Crippen molar-refractivity contribution in [2.75, 3.05) is 6.61 Å². The van der Waals surface area contributed by atoms with Gasteiger partial charge in [0.05, 0.1) is 17.4 Å². The Morgan fingerprint density at radius 2 is 2.59 bits per heavy atom. The van der Waals surface area contributed by atoms with Crippen LogP contribution in [0.5, 0.6) is 0 Å². The maximum Gasteiger partial charge on any atom is 0.193 e. The van der Waals surface area contributed by atoms with E-state index in [0.29, 0.717) is 25.9 Å². The molecule has 0 saturated carbocycles. The van der Waals surface area contributed by atoms with E-state index in [-0.39, 0.29) is 6.10 Å². The monoisotopic (exact) mass is 252 g/mol. The minimum atomic E-state index is -0.651. The summed E-state index contributed by atoms with van der Waals surface area (Å²) in [5.41, 5.74) is 0.315. The zero-order valence-corrected chi connectivity index (χ0v) is 10.6. The molecular weight excluding hydrogens is 236 g/mol. The summed E-state index contributed by atoms with van der Waals surface area (Å²) in [5.74, 6) is 0. The highest BCUT2D eigenvalue weighted by atomic mass is 32.1. The van der Waals surface area contributed by atoms with E-state index in [1.165, 1.54) is 0 Å². The molecule has 2 aromatic rings. The fourth-order valence-corrected chi connectivity index (χ4v) is 3.22. The van der Waals surface area contributed by atoms with Crippen LogP contribution < -0.4 is 0 Å². The number of imidazole rings is 1. The average Bonchev–Trinajstić information content (AvgIpc) is 2.76. The molecule has 1 saturated heterocycles. The van der Waals surface area contributed by atoms with Crippen LogP contribution in [0.1, 0.15) is 25.5 Å². The van der Waals surface area contributed by atoms with Crippen LogP contribution in [0.15, 0.2) is 17.8 Å². The number of aromatic nitrogens is 2. The first kappa shape index (κ1) is 11.2. The van der Waals surface area contributed by atoms with Crippen LogP contribution in [-0.4, -0.2) is 32.8 Å². The fourth-order valence-electron chi connectivity index (χ4n) is 2.51. The predicted molar refractivity (Wildman–Crippen MR) is 66.4 cm³/mol. The number of thiazole rings is 1. The smallest absolute Gasteiger partial charge is 0.193 e. The Hall–Kier alpha value is -0.910. The fraction of sp³-hybridized carbons (Fsp3) is 0.583. The Bertz CT molecular complexity index is 493. The Kier molecular flexibility index (Phi) is 2.69. The number of hydrogen-bond donors (Lipinski definition) is 1. The molecule has 1 aliphatic rings. The summed E-state index contributed by atoms with van der Waals surface area (Å²) in [4.78, 5) is 5.51. The molecule has 1 fully saturated rings. The molecule has 0 aliphatic carbocycles. The lowest BCUT2D eigenvalue weighted by Gasteiger charge is -2.35. The van der Waals surface area contributed by atoms with Gasteiger partial charge in [-0.25, -0.2) is 4.98 Å². The molecule has 0 bridgehead atoms. The van der Waals surface area contributed by atoms with Gasteiger partial charge in [0, 0.05) is 37.2 Å². The summed E-state index contributed by atoms with van der Waals surface area (Å²) in [7, 11) is 0. The van der Waals surface area contributed by atoms with Gasteiger partial charge in [-0.3, -0.25) is 4.40 Å². The largest absolute Gasteiger partial charge is 0.389 e. The first-order valence-corrected chi connectivity index (χ1v) is 6.78. The van der Waals surface area contributed by atoms with E-state index < -0.39 is 5.60 Å². The van der Waals surface area contributed by atoms with Crippen LogP contribution in [0.3, 0.4) is 0 Å². The molecule has 17 heavy (non-hydrogen) atoms. The third-order valence-electron chi connectivity index (χ3n) is 3.29. The van der Waals surface area contributed by atoms with Crippen LogP contribution in [0.4, 0.5) is 0 Å². The van der Waals surface area contributed by atoms with Gasteiger partial charge in [-0.15, -0.1) is 11.3 Å². The van der Waals surface area contributed by atoms with Gasteiger partial charge in [0.25, 0.3) is 0 Å². The van der Waals surface area contributed by atoms with Gasteiger partial charge < -0.3 is 9.84 Å². The number of aliphatic hydroxyl groups is 1. The minimum absolute atomic E-state index is 0.137. The number of hydrogen-bond acceptors (Lipinski definition) is 4. The summed E-state index contributed by atoms with van der Waals surface area (Å²) in [6.45, 7) is 2.65. The standard InChI is InChI=1S/C12H16N2O2S/c1-9-6-12(15,2-4-16-9)7-10-8-14-3-5-17-11(14)13-10/h3,5,8-9,15H,2,4,6-7H2,1H3. The molecule has 5 heteroatoms. The summed E-state index contributed by atoms with van der Waals surface area (Å²) in [6, 6.07) is 0. The van der Waals surface area contributed by atoms with Gasteiger partial charge in [-0.2, -0.15) is 0 Å². The molecule has 1 N–H and O–H groups in total. The lowest BCUT2D eigenvalue weighted by Crippen LogP contribution is -2.41. The second-order valence-electron chi connectivity index (χ2n) is 4.86. The van der Waals surface area contributed by atoms with E-state index in [2.05, 4.69) is 4.98 Å². The molecule has 2 unspecified atom stereocenters. The van der Waals surface area contributed by atoms with E-state index in [1.54, 1.807) is 11.3 Å².